The van der Waals surface area contributed by atoms with Gasteiger partial charge in [0.25, 0.3) is 0 Å². The van der Waals surface area contributed by atoms with Crippen molar-refractivity contribution in [2.24, 2.45) is 11.3 Å². The SMILES string of the molecule is C=CC1C(=O)C2=C(CC1(C)C)OCC2. The maximum absolute atomic E-state index is 12.0. The van der Waals surface area contributed by atoms with Crippen molar-refractivity contribution in [3.63, 3.8) is 0 Å². The van der Waals surface area contributed by atoms with Gasteiger partial charge in [0.05, 0.1) is 6.61 Å². The quantitative estimate of drug-likeness (QED) is 0.596. The van der Waals surface area contributed by atoms with E-state index in [0.717, 1.165) is 24.2 Å². The molecule has 0 saturated heterocycles. The van der Waals surface area contributed by atoms with Crippen molar-refractivity contribution in [3.8, 4) is 0 Å². The third-order valence-corrected chi connectivity index (χ3v) is 3.24. The van der Waals surface area contributed by atoms with E-state index in [1.807, 2.05) is 0 Å². The molecule has 0 bridgehead atoms. The van der Waals surface area contributed by atoms with Crippen LogP contribution in [0.5, 0.6) is 0 Å². The van der Waals surface area contributed by atoms with Crippen LogP contribution in [0, 0.1) is 11.3 Å². The van der Waals surface area contributed by atoms with E-state index in [0.29, 0.717) is 6.61 Å². The van der Waals surface area contributed by atoms with Gasteiger partial charge in [-0.2, -0.15) is 0 Å². The molecular formula is C12H16O2. The van der Waals surface area contributed by atoms with Gasteiger partial charge >= 0.3 is 0 Å². The summed E-state index contributed by atoms with van der Waals surface area (Å²) >= 11 is 0. The Morgan fingerprint density at radius 1 is 1.57 bits per heavy atom. The molecular weight excluding hydrogens is 176 g/mol. The van der Waals surface area contributed by atoms with E-state index < -0.39 is 0 Å². The third kappa shape index (κ3) is 1.21. The van der Waals surface area contributed by atoms with Crippen LogP contribution in [-0.2, 0) is 9.53 Å². The molecule has 0 radical (unpaired) electrons. The fourth-order valence-electron chi connectivity index (χ4n) is 2.41. The second-order valence-corrected chi connectivity index (χ2v) is 4.74. The number of ketones is 1. The highest BCUT2D eigenvalue weighted by atomic mass is 16.5. The van der Waals surface area contributed by atoms with Gasteiger partial charge in [-0.1, -0.05) is 19.9 Å². The van der Waals surface area contributed by atoms with Gasteiger partial charge in [-0.05, 0) is 5.41 Å². The molecule has 0 N–H and O–H groups in total. The molecule has 2 aliphatic rings. The molecule has 2 nitrogen and oxygen atoms in total. The lowest BCUT2D eigenvalue weighted by molar-refractivity contribution is -0.121. The summed E-state index contributed by atoms with van der Waals surface area (Å²) in [6, 6.07) is 0. The molecule has 1 aliphatic carbocycles. The lowest BCUT2D eigenvalue weighted by Gasteiger charge is -2.35. The molecule has 14 heavy (non-hydrogen) atoms. The van der Waals surface area contributed by atoms with Crippen LogP contribution >= 0.6 is 0 Å². The second kappa shape index (κ2) is 2.97. The molecule has 0 amide bonds. The Bertz CT molecular complexity index is 323. The summed E-state index contributed by atoms with van der Waals surface area (Å²) < 4.78 is 5.48. The molecule has 2 heteroatoms. The van der Waals surface area contributed by atoms with Gasteiger partial charge in [0, 0.05) is 24.3 Å². The summed E-state index contributed by atoms with van der Waals surface area (Å²) in [5.74, 6) is 1.12. The van der Waals surface area contributed by atoms with Crippen molar-refractivity contribution in [2.45, 2.75) is 26.7 Å². The van der Waals surface area contributed by atoms with Crippen LogP contribution in [0.4, 0.5) is 0 Å². The number of carbonyl (C=O) groups excluding carboxylic acids is 1. The number of rotatable bonds is 1. The Balaban J connectivity index is 2.41. The topological polar surface area (TPSA) is 26.3 Å². The van der Waals surface area contributed by atoms with Gasteiger partial charge in [0.2, 0.25) is 0 Å². The molecule has 1 unspecified atom stereocenters. The summed E-state index contributed by atoms with van der Waals surface area (Å²) in [5, 5.41) is 0. The van der Waals surface area contributed by atoms with Crippen molar-refractivity contribution in [3.05, 3.63) is 24.0 Å². The summed E-state index contributed by atoms with van der Waals surface area (Å²) in [7, 11) is 0. The lowest BCUT2D eigenvalue weighted by atomic mass is 9.68. The standard InChI is InChI=1S/C12H16O2/c1-4-9-11(13)8-5-6-14-10(8)7-12(9,2)3/h4,9H,1,5-7H2,2-3H3. The minimum atomic E-state index is -0.0397. The van der Waals surface area contributed by atoms with Gasteiger partial charge < -0.3 is 4.74 Å². The highest BCUT2D eigenvalue weighted by molar-refractivity contribution is 6.00. The summed E-state index contributed by atoms with van der Waals surface area (Å²) in [6.07, 6.45) is 3.43. The van der Waals surface area contributed by atoms with Gasteiger partial charge in [-0.15, -0.1) is 6.58 Å². The number of ether oxygens (including phenoxy) is 1. The Kier molecular flexibility index (Phi) is 2.02. The molecule has 1 heterocycles. The first-order chi connectivity index (χ1) is 6.56. The van der Waals surface area contributed by atoms with Crippen LogP contribution in [-0.4, -0.2) is 12.4 Å². The van der Waals surface area contributed by atoms with Crippen LogP contribution in [0.25, 0.3) is 0 Å². The van der Waals surface area contributed by atoms with E-state index in [2.05, 4.69) is 20.4 Å². The maximum atomic E-state index is 12.0. The molecule has 0 aromatic rings. The largest absolute Gasteiger partial charge is 0.497 e. The number of hydrogen-bond donors (Lipinski definition) is 0. The number of carbonyl (C=O) groups is 1. The fourth-order valence-corrected chi connectivity index (χ4v) is 2.41. The number of Topliss-reactive ketones (excluding diaryl/α,β-unsaturated/α-hetero) is 1. The fraction of sp³-hybridized carbons (Fsp3) is 0.583. The molecule has 0 spiro atoms. The summed E-state index contributed by atoms with van der Waals surface area (Å²) in [6.45, 7) is 8.64. The van der Waals surface area contributed by atoms with Crippen LogP contribution in [0.1, 0.15) is 26.7 Å². The zero-order valence-corrected chi connectivity index (χ0v) is 8.80. The maximum Gasteiger partial charge on any atom is 0.169 e. The minimum Gasteiger partial charge on any atom is -0.497 e. The predicted octanol–water partition coefficient (Wildman–Crippen LogP) is 2.46. The van der Waals surface area contributed by atoms with Crippen molar-refractivity contribution >= 4 is 5.78 Å². The lowest BCUT2D eigenvalue weighted by Crippen LogP contribution is -2.34. The zero-order chi connectivity index (χ0) is 10.3. The average molecular weight is 192 g/mol. The van der Waals surface area contributed by atoms with Crippen molar-refractivity contribution in [2.75, 3.05) is 6.61 Å². The zero-order valence-electron chi connectivity index (χ0n) is 8.80. The second-order valence-electron chi connectivity index (χ2n) is 4.74. The third-order valence-electron chi connectivity index (χ3n) is 3.24. The first-order valence-corrected chi connectivity index (χ1v) is 5.08. The number of allylic oxidation sites excluding steroid dienone is 2. The van der Waals surface area contributed by atoms with E-state index in [1.165, 1.54) is 0 Å². The highest BCUT2D eigenvalue weighted by Gasteiger charge is 2.42. The highest BCUT2D eigenvalue weighted by Crippen LogP contribution is 2.44. The van der Waals surface area contributed by atoms with Gasteiger partial charge in [0.15, 0.2) is 5.78 Å². The molecule has 2 rings (SSSR count). The molecule has 0 saturated carbocycles. The Morgan fingerprint density at radius 2 is 2.29 bits per heavy atom. The summed E-state index contributed by atoms with van der Waals surface area (Å²) in [5.41, 5.74) is 0.872. The smallest absolute Gasteiger partial charge is 0.169 e. The van der Waals surface area contributed by atoms with Crippen LogP contribution in [0.3, 0.4) is 0 Å². The number of hydrogen-bond acceptors (Lipinski definition) is 2. The first-order valence-electron chi connectivity index (χ1n) is 5.08. The van der Waals surface area contributed by atoms with Crippen LogP contribution in [0.15, 0.2) is 24.0 Å². The molecule has 1 aliphatic heterocycles. The van der Waals surface area contributed by atoms with Gasteiger partial charge in [0.1, 0.15) is 5.76 Å². The average Bonchev–Trinajstić information content (AvgIpc) is 2.51. The van der Waals surface area contributed by atoms with Crippen molar-refractivity contribution in [1.82, 2.24) is 0 Å². The van der Waals surface area contributed by atoms with Gasteiger partial charge in [-0.3, -0.25) is 4.79 Å². The van der Waals surface area contributed by atoms with E-state index in [-0.39, 0.29) is 17.1 Å². The molecule has 0 fully saturated rings. The minimum absolute atomic E-state index is 0.0389. The van der Waals surface area contributed by atoms with Crippen molar-refractivity contribution in [1.29, 1.82) is 0 Å². The molecule has 1 atom stereocenters. The monoisotopic (exact) mass is 192 g/mol. The van der Waals surface area contributed by atoms with E-state index >= 15 is 0 Å². The normalized spacial score (nSPS) is 29.9. The Labute approximate surface area is 84.6 Å². The van der Waals surface area contributed by atoms with Crippen molar-refractivity contribution < 1.29 is 9.53 Å². The predicted molar refractivity (Wildman–Crippen MR) is 54.7 cm³/mol. The summed E-state index contributed by atoms with van der Waals surface area (Å²) in [4.78, 5) is 12.0. The Hall–Kier alpha value is -1.05. The van der Waals surface area contributed by atoms with Crippen LogP contribution < -0.4 is 0 Å². The van der Waals surface area contributed by atoms with E-state index in [1.54, 1.807) is 6.08 Å². The molecule has 0 aromatic carbocycles. The van der Waals surface area contributed by atoms with Gasteiger partial charge in [-0.25, -0.2) is 0 Å². The van der Waals surface area contributed by atoms with Crippen LogP contribution in [0.2, 0.25) is 0 Å². The van der Waals surface area contributed by atoms with E-state index in [9.17, 15) is 4.79 Å². The molecule has 76 valence electrons. The molecule has 0 aromatic heterocycles. The first kappa shape index (κ1) is 9.50. The van der Waals surface area contributed by atoms with E-state index in [4.69, 9.17) is 4.74 Å². The Morgan fingerprint density at radius 3 is 2.93 bits per heavy atom.